The van der Waals surface area contributed by atoms with E-state index in [0.717, 1.165) is 25.2 Å². The molecule has 2 heterocycles. The maximum absolute atomic E-state index is 5.92. The van der Waals surface area contributed by atoms with E-state index in [1.165, 1.54) is 5.57 Å². The van der Waals surface area contributed by atoms with Crippen LogP contribution in [0.25, 0.3) is 5.57 Å². The van der Waals surface area contributed by atoms with Crippen molar-refractivity contribution in [2.24, 2.45) is 0 Å². The first-order chi connectivity index (χ1) is 6.38. The number of hydrogen-bond donors (Lipinski definition) is 1. The minimum atomic E-state index is 0.496. The lowest BCUT2D eigenvalue weighted by Gasteiger charge is -2.13. The molecule has 0 amide bonds. The van der Waals surface area contributed by atoms with Gasteiger partial charge in [0.1, 0.15) is 5.69 Å². The van der Waals surface area contributed by atoms with Crippen LogP contribution in [0.3, 0.4) is 0 Å². The fraction of sp³-hybridized carbons (Fsp3) is 0.333. The van der Waals surface area contributed by atoms with Crippen LogP contribution < -0.4 is 5.32 Å². The van der Waals surface area contributed by atoms with Crippen LogP contribution in [0.2, 0.25) is 5.15 Å². The van der Waals surface area contributed by atoms with E-state index in [2.05, 4.69) is 21.4 Å². The predicted molar refractivity (Wildman–Crippen MR) is 52.5 cm³/mol. The number of rotatable bonds is 1. The number of aromatic nitrogens is 2. The Hall–Kier alpha value is -0.930. The van der Waals surface area contributed by atoms with Crippen LogP contribution in [0.1, 0.15) is 12.1 Å². The lowest BCUT2D eigenvalue weighted by Crippen LogP contribution is -2.20. The van der Waals surface area contributed by atoms with E-state index in [1.54, 1.807) is 12.4 Å². The van der Waals surface area contributed by atoms with Crippen molar-refractivity contribution in [2.75, 3.05) is 13.1 Å². The van der Waals surface area contributed by atoms with Gasteiger partial charge < -0.3 is 5.32 Å². The summed E-state index contributed by atoms with van der Waals surface area (Å²) in [4.78, 5) is 8.21. The summed E-state index contributed by atoms with van der Waals surface area (Å²) in [6.45, 7) is 1.88. The SMILES string of the molecule is Clc1nccnc1C1=CCNCC1. The van der Waals surface area contributed by atoms with Crippen LogP contribution in [0.4, 0.5) is 0 Å². The summed E-state index contributed by atoms with van der Waals surface area (Å²) in [6, 6.07) is 0. The molecule has 0 spiro atoms. The van der Waals surface area contributed by atoms with Gasteiger partial charge >= 0.3 is 0 Å². The van der Waals surface area contributed by atoms with Gasteiger partial charge in [-0.15, -0.1) is 0 Å². The molecule has 0 fully saturated rings. The van der Waals surface area contributed by atoms with E-state index < -0.39 is 0 Å². The Morgan fingerprint density at radius 2 is 2.15 bits per heavy atom. The molecule has 13 heavy (non-hydrogen) atoms. The molecule has 0 aromatic carbocycles. The van der Waals surface area contributed by atoms with Crippen LogP contribution in [-0.2, 0) is 0 Å². The highest BCUT2D eigenvalue weighted by Crippen LogP contribution is 2.22. The van der Waals surface area contributed by atoms with E-state index >= 15 is 0 Å². The van der Waals surface area contributed by atoms with Gasteiger partial charge in [0.2, 0.25) is 0 Å². The zero-order chi connectivity index (χ0) is 9.10. The molecule has 1 aliphatic rings. The molecule has 0 atom stereocenters. The monoisotopic (exact) mass is 195 g/mol. The molecule has 1 aromatic rings. The smallest absolute Gasteiger partial charge is 0.154 e. The summed E-state index contributed by atoms with van der Waals surface area (Å²) >= 11 is 5.92. The van der Waals surface area contributed by atoms with Gasteiger partial charge in [0, 0.05) is 18.9 Å². The van der Waals surface area contributed by atoms with Crippen molar-refractivity contribution >= 4 is 17.2 Å². The van der Waals surface area contributed by atoms with Crippen molar-refractivity contribution in [1.29, 1.82) is 0 Å². The molecule has 0 unspecified atom stereocenters. The highest BCUT2D eigenvalue weighted by atomic mass is 35.5. The third-order valence-corrected chi connectivity index (χ3v) is 2.30. The number of nitrogens with one attached hydrogen (secondary N) is 1. The summed E-state index contributed by atoms with van der Waals surface area (Å²) in [5.41, 5.74) is 2.02. The van der Waals surface area contributed by atoms with Crippen molar-refractivity contribution in [3.63, 3.8) is 0 Å². The second kappa shape index (κ2) is 3.85. The summed E-state index contributed by atoms with van der Waals surface area (Å²) < 4.78 is 0. The normalized spacial score (nSPS) is 16.8. The molecular formula is C9H10ClN3. The van der Waals surface area contributed by atoms with Gasteiger partial charge in [0.15, 0.2) is 5.15 Å². The average Bonchev–Trinajstić information content (AvgIpc) is 2.20. The maximum atomic E-state index is 5.92. The first-order valence-electron chi connectivity index (χ1n) is 4.24. The lowest BCUT2D eigenvalue weighted by molar-refractivity contribution is 0.736. The minimum Gasteiger partial charge on any atom is -0.313 e. The first kappa shape index (κ1) is 8.66. The van der Waals surface area contributed by atoms with Crippen LogP contribution in [0.15, 0.2) is 18.5 Å². The highest BCUT2D eigenvalue weighted by Gasteiger charge is 2.10. The van der Waals surface area contributed by atoms with Crippen molar-refractivity contribution < 1.29 is 0 Å². The zero-order valence-corrected chi connectivity index (χ0v) is 7.88. The Kier molecular flexibility index (Phi) is 2.57. The van der Waals surface area contributed by atoms with Gasteiger partial charge in [-0.2, -0.15) is 0 Å². The van der Waals surface area contributed by atoms with Gasteiger partial charge in [-0.25, -0.2) is 4.98 Å². The van der Waals surface area contributed by atoms with Gasteiger partial charge in [0.25, 0.3) is 0 Å². The molecule has 1 N–H and O–H groups in total. The lowest BCUT2D eigenvalue weighted by atomic mass is 10.1. The Balaban J connectivity index is 2.34. The molecular weight excluding hydrogens is 186 g/mol. The quantitative estimate of drug-likeness (QED) is 0.738. The van der Waals surface area contributed by atoms with Gasteiger partial charge in [0.05, 0.1) is 0 Å². The molecule has 68 valence electrons. The third-order valence-electron chi connectivity index (χ3n) is 2.02. The number of halogens is 1. The molecule has 2 rings (SSSR count). The van der Waals surface area contributed by atoms with Gasteiger partial charge in [-0.3, -0.25) is 4.98 Å². The molecule has 1 aliphatic heterocycles. The van der Waals surface area contributed by atoms with E-state index in [-0.39, 0.29) is 0 Å². The molecule has 0 saturated heterocycles. The molecule has 3 nitrogen and oxygen atoms in total. The number of nitrogens with zero attached hydrogens (tertiary/aromatic N) is 2. The Morgan fingerprint density at radius 1 is 1.31 bits per heavy atom. The van der Waals surface area contributed by atoms with Gasteiger partial charge in [-0.05, 0) is 18.5 Å². The highest BCUT2D eigenvalue weighted by molar-refractivity contribution is 6.30. The predicted octanol–water partition coefficient (Wildman–Crippen LogP) is 1.51. The van der Waals surface area contributed by atoms with Gasteiger partial charge in [-0.1, -0.05) is 17.7 Å². The number of hydrogen-bond acceptors (Lipinski definition) is 3. The van der Waals surface area contributed by atoms with Crippen molar-refractivity contribution in [3.05, 3.63) is 29.3 Å². The zero-order valence-electron chi connectivity index (χ0n) is 7.13. The van der Waals surface area contributed by atoms with Crippen LogP contribution >= 0.6 is 11.6 Å². The largest absolute Gasteiger partial charge is 0.313 e. The Bertz CT molecular complexity index is 335. The van der Waals surface area contributed by atoms with E-state index in [0.29, 0.717) is 5.15 Å². The third kappa shape index (κ3) is 1.87. The first-order valence-corrected chi connectivity index (χ1v) is 4.62. The topological polar surface area (TPSA) is 37.8 Å². The molecule has 0 aliphatic carbocycles. The summed E-state index contributed by atoms with van der Waals surface area (Å²) in [5.74, 6) is 0. The van der Waals surface area contributed by atoms with Crippen molar-refractivity contribution in [1.82, 2.24) is 15.3 Å². The van der Waals surface area contributed by atoms with E-state index in [4.69, 9.17) is 11.6 Å². The molecule has 0 radical (unpaired) electrons. The van der Waals surface area contributed by atoms with E-state index in [9.17, 15) is 0 Å². The van der Waals surface area contributed by atoms with Crippen LogP contribution in [0.5, 0.6) is 0 Å². The second-order valence-corrected chi connectivity index (χ2v) is 3.24. The molecule has 4 heteroatoms. The Labute approximate surface area is 81.9 Å². The van der Waals surface area contributed by atoms with Crippen LogP contribution in [-0.4, -0.2) is 23.1 Å². The molecule has 1 aromatic heterocycles. The second-order valence-electron chi connectivity index (χ2n) is 2.88. The summed E-state index contributed by atoms with van der Waals surface area (Å²) in [7, 11) is 0. The summed E-state index contributed by atoms with van der Waals surface area (Å²) in [5, 5.41) is 3.73. The fourth-order valence-electron chi connectivity index (χ4n) is 1.37. The van der Waals surface area contributed by atoms with E-state index in [1.807, 2.05) is 0 Å². The van der Waals surface area contributed by atoms with Crippen LogP contribution in [0, 0.1) is 0 Å². The standard InChI is InChI=1S/C9H10ClN3/c10-9-8(12-5-6-13-9)7-1-3-11-4-2-7/h1,5-6,11H,2-4H2. The minimum absolute atomic E-state index is 0.496. The fourth-order valence-corrected chi connectivity index (χ4v) is 1.60. The molecule has 0 saturated carbocycles. The Morgan fingerprint density at radius 3 is 2.85 bits per heavy atom. The molecule has 0 bridgehead atoms. The van der Waals surface area contributed by atoms with Crippen molar-refractivity contribution in [3.8, 4) is 0 Å². The maximum Gasteiger partial charge on any atom is 0.154 e. The average molecular weight is 196 g/mol. The van der Waals surface area contributed by atoms with Crippen molar-refractivity contribution in [2.45, 2.75) is 6.42 Å². The summed E-state index contributed by atoms with van der Waals surface area (Å²) in [6.07, 6.45) is 6.36.